The molecule has 3 nitrogen and oxygen atoms in total. The van der Waals surface area contributed by atoms with Crippen LogP contribution < -0.4 is 10.1 Å². The molecule has 1 aromatic rings. The van der Waals surface area contributed by atoms with E-state index >= 15 is 0 Å². The van der Waals surface area contributed by atoms with Gasteiger partial charge in [0.05, 0.1) is 6.61 Å². The topological polar surface area (TPSA) is 30.5 Å². The van der Waals surface area contributed by atoms with Crippen molar-refractivity contribution in [1.29, 1.82) is 0 Å². The van der Waals surface area contributed by atoms with Gasteiger partial charge in [-0.3, -0.25) is 0 Å². The lowest BCUT2D eigenvalue weighted by atomic mass is 10.2. The summed E-state index contributed by atoms with van der Waals surface area (Å²) in [5.74, 6) is 0.876. The Balaban J connectivity index is 2.50. The summed E-state index contributed by atoms with van der Waals surface area (Å²) in [5.41, 5.74) is 1.03. The Kier molecular flexibility index (Phi) is 7.81. The molecule has 102 valence electrons. The van der Waals surface area contributed by atoms with Gasteiger partial charge in [-0.2, -0.15) is 0 Å². The Morgan fingerprint density at radius 2 is 2.00 bits per heavy atom. The molecule has 0 heterocycles. The molecule has 0 aliphatic heterocycles. The van der Waals surface area contributed by atoms with Gasteiger partial charge < -0.3 is 14.8 Å². The van der Waals surface area contributed by atoms with E-state index in [1.54, 1.807) is 7.11 Å². The van der Waals surface area contributed by atoms with Gasteiger partial charge in [0.1, 0.15) is 5.75 Å². The van der Waals surface area contributed by atoms with Crippen molar-refractivity contribution in [3.8, 4) is 5.75 Å². The van der Waals surface area contributed by atoms with Crippen LogP contribution >= 0.6 is 11.6 Å². The number of halogens is 1. The number of benzene rings is 1. The number of ether oxygens (including phenoxy) is 2. The van der Waals surface area contributed by atoms with Crippen LogP contribution in [0.15, 0.2) is 18.2 Å². The summed E-state index contributed by atoms with van der Waals surface area (Å²) >= 11 is 6.19. The molecule has 1 rings (SSSR count). The minimum Gasteiger partial charge on any atom is -0.493 e. The zero-order chi connectivity index (χ0) is 13.2. The van der Waals surface area contributed by atoms with Crippen molar-refractivity contribution in [2.75, 3.05) is 26.9 Å². The van der Waals surface area contributed by atoms with Crippen LogP contribution in [-0.4, -0.2) is 26.9 Å². The first kappa shape index (κ1) is 15.3. The van der Waals surface area contributed by atoms with Gasteiger partial charge in [-0.1, -0.05) is 24.6 Å². The monoisotopic (exact) mass is 271 g/mol. The molecule has 0 saturated heterocycles. The van der Waals surface area contributed by atoms with Gasteiger partial charge in [0.15, 0.2) is 0 Å². The van der Waals surface area contributed by atoms with Gasteiger partial charge in [-0.15, -0.1) is 0 Å². The standard InChI is InChI=1S/C14H22ClNO2/c1-3-16-11-12-13(15)7-6-8-14(12)18-10-5-4-9-17-2/h6-8,16H,3-5,9-11H2,1-2H3. The molecular weight excluding hydrogens is 250 g/mol. The van der Waals surface area contributed by atoms with Gasteiger partial charge >= 0.3 is 0 Å². The van der Waals surface area contributed by atoms with E-state index in [9.17, 15) is 0 Å². The van der Waals surface area contributed by atoms with Gasteiger partial charge in [-0.25, -0.2) is 0 Å². The molecule has 0 amide bonds. The number of hydrogen-bond acceptors (Lipinski definition) is 3. The molecule has 0 bridgehead atoms. The molecule has 0 aliphatic rings. The highest BCUT2D eigenvalue weighted by molar-refractivity contribution is 6.31. The fourth-order valence-electron chi connectivity index (χ4n) is 1.63. The van der Waals surface area contributed by atoms with Crippen molar-refractivity contribution in [3.63, 3.8) is 0 Å². The fourth-order valence-corrected chi connectivity index (χ4v) is 1.86. The smallest absolute Gasteiger partial charge is 0.125 e. The maximum Gasteiger partial charge on any atom is 0.125 e. The number of rotatable bonds is 9. The van der Waals surface area contributed by atoms with Crippen LogP contribution in [0.25, 0.3) is 0 Å². The summed E-state index contributed by atoms with van der Waals surface area (Å²) in [6, 6.07) is 5.78. The van der Waals surface area contributed by atoms with Crippen molar-refractivity contribution in [3.05, 3.63) is 28.8 Å². The van der Waals surface area contributed by atoms with E-state index < -0.39 is 0 Å². The van der Waals surface area contributed by atoms with Crippen LogP contribution in [0.2, 0.25) is 5.02 Å². The van der Waals surface area contributed by atoms with Crippen molar-refractivity contribution >= 4 is 11.6 Å². The SMILES string of the molecule is CCNCc1c(Cl)cccc1OCCCCOC. The summed E-state index contributed by atoms with van der Waals surface area (Å²) in [6.07, 6.45) is 2.00. The summed E-state index contributed by atoms with van der Waals surface area (Å²) < 4.78 is 10.8. The second-order valence-corrected chi connectivity index (χ2v) is 4.45. The van der Waals surface area contributed by atoms with Crippen molar-refractivity contribution in [1.82, 2.24) is 5.32 Å². The van der Waals surface area contributed by atoms with Crippen molar-refractivity contribution < 1.29 is 9.47 Å². The first-order valence-corrected chi connectivity index (χ1v) is 6.77. The molecule has 0 spiro atoms. The van der Waals surface area contributed by atoms with Crippen LogP contribution in [0, 0.1) is 0 Å². The van der Waals surface area contributed by atoms with E-state index in [1.807, 2.05) is 18.2 Å². The maximum absolute atomic E-state index is 6.19. The molecule has 0 aromatic heterocycles. The molecule has 4 heteroatoms. The highest BCUT2D eigenvalue weighted by Crippen LogP contribution is 2.26. The van der Waals surface area contributed by atoms with E-state index in [0.717, 1.165) is 48.9 Å². The Hall–Kier alpha value is -0.770. The average molecular weight is 272 g/mol. The predicted molar refractivity (Wildman–Crippen MR) is 75.4 cm³/mol. The molecule has 1 aromatic carbocycles. The van der Waals surface area contributed by atoms with E-state index in [4.69, 9.17) is 21.1 Å². The summed E-state index contributed by atoms with van der Waals surface area (Å²) in [7, 11) is 1.71. The zero-order valence-electron chi connectivity index (χ0n) is 11.2. The van der Waals surface area contributed by atoms with E-state index in [1.165, 1.54) is 0 Å². The lowest BCUT2D eigenvalue weighted by Gasteiger charge is -2.13. The van der Waals surface area contributed by atoms with Gasteiger partial charge in [0.25, 0.3) is 0 Å². The van der Waals surface area contributed by atoms with E-state index in [0.29, 0.717) is 6.61 Å². The minimum absolute atomic E-state index is 0.697. The third-order valence-electron chi connectivity index (χ3n) is 2.63. The number of methoxy groups -OCH3 is 1. The van der Waals surface area contributed by atoms with Gasteiger partial charge in [-0.05, 0) is 31.5 Å². The zero-order valence-corrected chi connectivity index (χ0v) is 11.9. The molecule has 0 radical (unpaired) electrons. The van der Waals surface area contributed by atoms with Crippen LogP contribution in [-0.2, 0) is 11.3 Å². The predicted octanol–water partition coefficient (Wildman–Crippen LogP) is 3.25. The van der Waals surface area contributed by atoms with Crippen molar-refractivity contribution in [2.45, 2.75) is 26.3 Å². The van der Waals surface area contributed by atoms with Crippen LogP contribution in [0.1, 0.15) is 25.3 Å². The lowest BCUT2D eigenvalue weighted by molar-refractivity contribution is 0.184. The number of unbranched alkanes of at least 4 members (excludes halogenated alkanes) is 1. The average Bonchev–Trinajstić information content (AvgIpc) is 2.38. The van der Waals surface area contributed by atoms with Crippen LogP contribution in [0.4, 0.5) is 0 Å². The van der Waals surface area contributed by atoms with Crippen LogP contribution in [0.5, 0.6) is 5.75 Å². The Bertz CT molecular complexity index is 345. The molecule has 18 heavy (non-hydrogen) atoms. The largest absolute Gasteiger partial charge is 0.493 e. The van der Waals surface area contributed by atoms with Gasteiger partial charge in [0, 0.05) is 30.8 Å². The molecule has 1 N–H and O–H groups in total. The Morgan fingerprint density at radius 3 is 2.72 bits per heavy atom. The third kappa shape index (κ3) is 5.25. The first-order chi connectivity index (χ1) is 8.79. The third-order valence-corrected chi connectivity index (χ3v) is 2.98. The van der Waals surface area contributed by atoms with E-state index in [-0.39, 0.29) is 0 Å². The highest BCUT2D eigenvalue weighted by Gasteiger charge is 2.07. The lowest BCUT2D eigenvalue weighted by Crippen LogP contribution is -2.13. The molecule has 0 unspecified atom stereocenters. The highest BCUT2D eigenvalue weighted by atomic mass is 35.5. The Labute approximate surface area is 114 Å². The van der Waals surface area contributed by atoms with Crippen molar-refractivity contribution in [2.24, 2.45) is 0 Å². The molecule has 0 atom stereocenters. The normalized spacial score (nSPS) is 10.6. The quantitative estimate of drug-likeness (QED) is 0.700. The fraction of sp³-hybridized carbons (Fsp3) is 0.571. The summed E-state index contributed by atoms with van der Waals surface area (Å²) in [4.78, 5) is 0. The summed E-state index contributed by atoms with van der Waals surface area (Å²) in [6.45, 7) is 5.20. The minimum atomic E-state index is 0.697. The number of hydrogen-bond donors (Lipinski definition) is 1. The molecule has 0 fully saturated rings. The molecule has 0 aliphatic carbocycles. The Morgan fingerprint density at radius 1 is 1.22 bits per heavy atom. The van der Waals surface area contributed by atoms with Crippen LogP contribution in [0.3, 0.4) is 0 Å². The second kappa shape index (κ2) is 9.20. The maximum atomic E-state index is 6.19. The molecular formula is C14H22ClNO2. The second-order valence-electron chi connectivity index (χ2n) is 4.05. The number of nitrogens with one attached hydrogen (secondary N) is 1. The molecule has 0 saturated carbocycles. The van der Waals surface area contributed by atoms with E-state index in [2.05, 4.69) is 12.2 Å². The van der Waals surface area contributed by atoms with Gasteiger partial charge in [0.2, 0.25) is 0 Å². The first-order valence-electron chi connectivity index (χ1n) is 6.39. The summed E-state index contributed by atoms with van der Waals surface area (Å²) in [5, 5.41) is 4.03.